The lowest BCUT2D eigenvalue weighted by atomic mass is 10.0. The Labute approximate surface area is 114 Å². The van der Waals surface area contributed by atoms with Crippen molar-refractivity contribution in [2.75, 3.05) is 13.2 Å². The molecule has 17 heavy (non-hydrogen) atoms. The summed E-state index contributed by atoms with van der Waals surface area (Å²) in [4.78, 5) is 0. The van der Waals surface area contributed by atoms with E-state index < -0.39 is 10.0 Å². The minimum absolute atomic E-state index is 0.319. The van der Waals surface area contributed by atoms with Gasteiger partial charge in [0.2, 0.25) is 0 Å². The maximum absolute atomic E-state index is 12.0. The highest BCUT2D eigenvalue weighted by atomic mass is 79.9. The molecule has 4 nitrogen and oxygen atoms in total. The number of rotatable bonds is 4. The fourth-order valence-corrected chi connectivity index (χ4v) is 5.30. The third kappa shape index (κ3) is 3.08. The van der Waals surface area contributed by atoms with Gasteiger partial charge in [0.15, 0.2) is 0 Å². The number of ether oxygens (including phenoxy) is 1. The van der Waals surface area contributed by atoms with Crippen molar-refractivity contribution in [2.45, 2.75) is 29.6 Å². The van der Waals surface area contributed by atoms with Gasteiger partial charge in [0.25, 0.3) is 10.0 Å². The normalized spacial score (nSPS) is 25.3. The summed E-state index contributed by atoms with van der Waals surface area (Å²) in [6.45, 7) is 2.96. The summed E-state index contributed by atoms with van der Waals surface area (Å²) in [5.41, 5.74) is -0.364. The highest BCUT2D eigenvalue weighted by molar-refractivity contribution is 9.10. The van der Waals surface area contributed by atoms with E-state index >= 15 is 0 Å². The number of hydrogen-bond donors (Lipinski definition) is 1. The van der Waals surface area contributed by atoms with Gasteiger partial charge in [0, 0.05) is 17.6 Å². The Morgan fingerprint density at radius 1 is 1.65 bits per heavy atom. The molecule has 7 heteroatoms. The Bertz CT molecular complexity index is 491. The Morgan fingerprint density at radius 3 is 2.94 bits per heavy atom. The van der Waals surface area contributed by atoms with Crippen molar-refractivity contribution < 1.29 is 13.2 Å². The first-order chi connectivity index (χ1) is 7.93. The molecule has 0 bridgehead atoms. The quantitative estimate of drug-likeness (QED) is 0.916. The van der Waals surface area contributed by atoms with E-state index in [1.165, 1.54) is 11.3 Å². The summed E-state index contributed by atoms with van der Waals surface area (Å²) in [5.74, 6) is 0. The molecule has 0 radical (unpaired) electrons. The van der Waals surface area contributed by atoms with Crippen LogP contribution in [0, 0.1) is 0 Å². The Morgan fingerprint density at radius 2 is 2.41 bits per heavy atom. The molecule has 1 atom stereocenters. The molecule has 1 aliphatic heterocycles. The number of halogens is 1. The van der Waals surface area contributed by atoms with Crippen molar-refractivity contribution in [3.8, 4) is 0 Å². The topological polar surface area (TPSA) is 55.4 Å². The average Bonchev–Trinajstić information content (AvgIpc) is 2.86. The predicted octanol–water partition coefficient (Wildman–Crippen LogP) is 2.36. The molecular formula is C10H14BrNO3S2. The van der Waals surface area contributed by atoms with Gasteiger partial charge in [-0.2, -0.15) is 0 Å². The van der Waals surface area contributed by atoms with Crippen molar-refractivity contribution in [1.82, 2.24) is 4.72 Å². The fraction of sp³-hybridized carbons (Fsp3) is 0.600. The molecule has 1 fully saturated rings. The van der Waals surface area contributed by atoms with E-state index in [0.717, 1.165) is 12.8 Å². The van der Waals surface area contributed by atoms with Crippen LogP contribution in [-0.4, -0.2) is 27.2 Å². The number of sulfonamides is 1. The van der Waals surface area contributed by atoms with Crippen molar-refractivity contribution in [1.29, 1.82) is 0 Å². The third-order valence-electron chi connectivity index (χ3n) is 2.77. The van der Waals surface area contributed by atoms with Crippen molar-refractivity contribution in [3.05, 3.63) is 15.9 Å². The van der Waals surface area contributed by atoms with Crippen LogP contribution in [0.25, 0.3) is 0 Å². The molecule has 1 unspecified atom stereocenters. The van der Waals surface area contributed by atoms with Crippen LogP contribution in [-0.2, 0) is 14.8 Å². The van der Waals surface area contributed by atoms with Crippen LogP contribution >= 0.6 is 27.3 Å². The summed E-state index contributed by atoms with van der Waals surface area (Å²) in [5, 5.41) is 1.74. The van der Waals surface area contributed by atoms with Crippen LogP contribution in [0.1, 0.15) is 19.8 Å². The zero-order valence-corrected chi connectivity index (χ0v) is 12.6. The van der Waals surface area contributed by atoms with E-state index in [2.05, 4.69) is 20.7 Å². The van der Waals surface area contributed by atoms with Gasteiger partial charge < -0.3 is 4.74 Å². The minimum atomic E-state index is -3.43. The van der Waals surface area contributed by atoms with Gasteiger partial charge in [0.05, 0.1) is 5.60 Å². The molecule has 1 aliphatic rings. The molecule has 1 N–H and O–H groups in total. The molecule has 0 aromatic carbocycles. The first-order valence-corrected chi connectivity index (χ1v) is 8.45. The Balaban J connectivity index is 2.06. The van der Waals surface area contributed by atoms with E-state index in [4.69, 9.17) is 4.74 Å². The predicted molar refractivity (Wildman–Crippen MR) is 70.8 cm³/mol. The van der Waals surface area contributed by atoms with Crippen LogP contribution in [0.4, 0.5) is 0 Å². The monoisotopic (exact) mass is 339 g/mol. The van der Waals surface area contributed by atoms with Crippen LogP contribution in [0.3, 0.4) is 0 Å². The molecule has 0 spiro atoms. The van der Waals surface area contributed by atoms with Crippen LogP contribution in [0.5, 0.6) is 0 Å². The molecule has 0 saturated carbocycles. The molecule has 2 rings (SSSR count). The minimum Gasteiger partial charge on any atom is -0.374 e. The van der Waals surface area contributed by atoms with Gasteiger partial charge >= 0.3 is 0 Å². The first kappa shape index (κ1) is 13.5. The highest BCUT2D eigenvalue weighted by Gasteiger charge is 2.32. The van der Waals surface area contributed by atoms with Crippen molar-refractivity contribution in [3.63, 3.8) is 0 Å². The molecule has 96 valence electrons. The zero-order valence-electron chi connectivity index (χ0n) is 9.40. The summed E-state index contributed by atoms with van der Waals surface area (Å²) < 4.78 is 33.1. The van der Waals surface area contributed by atoms with Gasteiger partial charge in [-0.1, -0.05) is 0 Å². The second-order valence-corrected chi connectivity index (χ2v) is 8.02. The maximum Gasteiger partial charge on any atom is 0.251 e. The second kappa shape index (κ2) is 4.97. The van der Waals surface area contributed by atoms with E-state index in [-0.39, 0.29) is 5.60 Å². The lowest BCUT2D eigenvalue weighted by molar-refractivity contribution is 0.0250. The molecule has 1 saturated heterocycles. The summed E-state index contributed by atoms with van der Waals surface area (Å²) in [7, 11) is -3.43. The summed E-state index contributed by atoms with van der Waals surface area (Å²) >= 11 is 4.43. The van der Waals surface area contributed by atoms with Gasteiger partial charge in [-0.05, 0) is 47.1 Å². The van der Waals surface area contributed by atoms with Gasteiger partial charge in [0.1, 0.15) is 4.21 Å². The van der Waals surface area contributed by atoms with Crippen molar-refractivity contribution >= 4 is 37.3 Å². The number of thiophene rings is 1. The largest absolute Gasteiger partial charge is 0.374 e. The molecule has 0 aliphatic carbocycles. The highest BCUT2D eigenvalue weighted by Crippen LogP contribution is 2.29. The molecule has 1 aromatic rings. The lowest BCUT2D eigenvalue weighted by Gasteiger charge is -2.23. The van der Waals surface area contributed by atoms with E-state index in [1.807, 2.05) is 6.92 Å². The van der Waals surface area contributed by atoms with Crippen molar-refractivity contribution in [2.24, 2.45) is 0 Å². The van der Waals surface area contributed by atoms with E-state index in [1.54, 1.807) is 11.4 Å². The summed E-state index contributed by atoms with van der Waals surface area (Å²) in [6, 6.07) is 1.73. The Kier molecular flexibility index (Phi) is 3.94. The number of hydrogen-bond acceptors (Lipinski definition) is 4. The molecular weight excluding hydrogens is 326 g/mol. The number of nitrogens with one attached hydrogen (secondary N) is 1. The molecule has 2 heterocycles. The zero-order chi connectivity index (χ0) is 12.5. The molecule has 0 amide bonds. The Hall–Kier alpha value is 0.0500. The van der Waals surface area contributed by atoms with E-state index in [0.29, 0.717) is 21.8 Å². The smallest absolute Gasteiger partial charge is 0.251 e. The molecule has 1 aromatic heterocycles. The van der Waals surface area contributed by atoms with Crippen LogP contribution < -0.4 is 4.72 Å². The fourth-order valence-electron chi connectivity index (χ4n) is 1.76. The van der Waals surface area contributed by atoms with Gasteiger partial charge in [-0.3, -0.25) is 0 Å². The second-order valence-electron chi connectivity index (χ2n) is 4.28. The SMILES string of the molecule is CC1(CNS(=O)(=O)c2sccc2Br)CCCO1. The maximum atomic E-state index is 12.0. The van der Waals surface area contributed by atoms with Crippen LogP contribution in [0.15, 0.2) is 20.1 Å². The van der Waals surface area contributed by atoms with E-state index in [9.17, 15) is 8.42 Å². The standard InChI is InChI=1S/C10H14BrNO3S2/c1-10(4-2-5-15-10)7-12-17(13,14)9-8(11)3-6-16-9/h3,6,12H,2,4-5,7H2,1H3. The van der Waals surface area contributed by atoms with Crippen LogP contribution in [0.2, 0.25) is 0 Å². The van der Waals surface area contributed by atoms with Gasteiger partial charge in [-0.25, -0.2) is 13.1 Å². The third-order valence-corrected chi connectivity index (χ3v) is 6.84. The average molecular weight is 340 g/mol. The first-order valence-electron chi connectivity index (χ1n) is 5.30. The lowest BCUT2D eigenvalue weighted by Crippen LogP contribution is -2.39. The van der Waals surface area contributed by atoms with Gasteiger partial charge in [-0.15, -0.1) is 11.3 Å². The summed E-state index contributed by atoms with van der Waals surface area (Å²) in [6.07, 6.45) is 1.88.